The van der Waals surface area contributed by atoms with E-state index < -0.39 is 17.8 Å². The van der Waals surface area contributed by atoms with Gasteiger partial charge in [-0.3, -0.25) is 14.5 Å². The molecular formula is C40H44F3N3O2S. The van der Waals surface area contributed by atoms with Gasteiger partial charge in [-0.05, 0) is 75.7 Å². The van der Waals surface area contributed by atoms with E-state index in [0.29, 0.717) is 25.1 Å². The lowest BCUT2D eigenvalue weighted by Gasteiger charge is -2.39. The van der Waals surface area contributed by atoms with Crippen LogP contribution in [-0.2, 0) is 41.7 Å². The second-order valence-electron chi connectivity index (χ2n) is 12.6. The molecular weight excluding hydrogens is 644 g/mol. The SMILES string of the molecule is CCCCCc1ccc(CN(C(=O)C=Cc2ccc(C(F)(F)F)cc2)[C@@H](Cc2ccsc2)C(=O)N2CCN(Cc3ccccc3)CC2)cc1. The van der Waals surface area contributed by atoms with E-state index >= 15 is 0 Å². The highest BCUT2D eigenvalue weighted by molar-refractivity contribution is 7.07. The van der Waals surface area contributed by atoms with Crippen molar-refractivity contribution in [2.75, 3.05) is 26.2 Å². The van der Waals surface area contributed by atoms with Crippen LogP contribution < -0.4 is 0 Å². The fraction of sp³-hybridized carbons (Fsp3) is 0.350. The Morgan fingerprint density at radius 3 is 2.16 bits per heavy atom. The minimum atomic E-state index is -4.44. The van der Waals surface area contributed by atoms with Gasteiger partial charge in [-0.2, -0.15) is 24.5 Å². The van der Waals surface area contributed by atoms with Crippen LogP contribution in [-0.4, -0.2) is 58.7 Å². The Bertz CT molecular complexity index is 1630. The molecule has 0 spiro atoms. The van der Waals surface area contributed by atoms with E-state index in [0.717, 1.165) is 62.2 Å². The summed E-state index contributed by atoms with van der Waals surface area (Å²) in [7, 11) is 0. The number of halogens is 3. The maximum atomic E-state index is 14.4. The molecule has 1 aromatic heterocycles. The third-order valence-corrected chi connectivity index (χ3v) is 9.72. The van der Waals surface area contributed by atoms with Gasteiger partial charge >= 0.3 is 6.18 Å². The molecule has 1 atom stereocenters. The maximum absolute atomic E-state index is 14.4. The Morgan fingerprint density at radius 2 is 1.53 bits per heavy atom. The molecule has 0 radical (unpaired) electrons. The van der Waals surface area contributed by atoms with Crippen molar-refractivity contribution in [3.8, 4) is 0 Å². The number of hydrogen-bond acceptors (Lipinski definition) is 4. The molecule has 4 aromatic rings. The molecule has 0 bridgehead atoms. The standard InChI is InChI=1S/C40H44F3N3O2S/c1-2-3-5-8-31-11-13-34(14-12-31)29-46(38(47)20-17-32-15-18-36(19-16-32)40(41,42)43)37(27-35-21-26-49-30-35)39(48)45-24-22-44(23-25-45)28-33-9-6-4-7-10-33/h4,6-7,9-21,26,30,37H,2-3,5,8,22-25,27-29H2,1H3/t37-/m0/s1. The number of carbonyl (C=O) groups is 2. The highest BCUT2D eigenvalue weighted by Gasteiger charge is 2.34. The second kappa shape index (κ2) is 17.4. The molecule has 5 rings (SSSR count). The average Bonchev–Trinajstić information content (AvgIpc) is 3.63. The van der Waals surface area contributed by atoms with Crippen LogP contribution in [0.25, 0.3) is 6.08 Å². The molecule has 5 nitrogen and oxygen atoms in total. The van der Waals surface area contributed by atoms with E-state index in [4.69, 9.17) is 0 Å². The molecule has 49 heavy (non-hydrogen) atoms. The first-order valence-corrected chi connectivity index (χ1v) is 17.9. The molecule has 1 fully saturated rings. The summed E-state index contributed by atoms with van der Waals surface area (Å²) in [4.78, 5) is 34.3. The van der Waals surface area contributed by atoms with Gasteiger partial charge < -0.3 is 9.80 Å². The topological polar surface area (TPSA) is 43.9 Å². The number of piperazine rings is 1. The van der Waals surface area contributed by atoms with E-state index in [9.17, 15) is 22.8 Å². The van der Waals surface area contributed by atoms with Crippen molar-refractivity contribution < 1.29 is 22.8 Å². The van der Waals surface area contributed by atoms with Crippen molar-refractivity contribution >= 4 is 29.2 Å². The van der Waals surface area contributed by atoms with Gasteiger partial charge in [0.15, 0.2) is 0 Å². The van der Waals surface area contributed by atoms with Gasteiger partial charge in [-0.15, -0.1) is 0 Å². The average molecular weight is 688 g/mol. The van der Waals surface area contributed by atoms with Crippen LogP contribution in [0.3, 0.4) is 0 Å². The van der Waals surface area contributed by atoms with Gasteiger partial charge in [0.1, 0.15) is 6.04 Å². The zero-order valence-electron chi connectivity index (χ0n) is 27.9. The van der Waals surface area contributed by atoms with Gasteiger partial charge in [0.05, 0.1) is 5.56 Å². The number of amides is 2. The predicted molar refractivity (Wildman–Crippen MR) is 191 cm³/mol. The lowest BCUT2D eigenvalue weighted by Crippen LogP contribution is -2.56. The lowest BCUT2D eigenvalue weighted by molar-refractivity contribution is -0.145. The summed E-state index contributed by atoms with van der Waals surface area (Å²) in [5, 5.41) is 3.97. The molecule has 1 aliphatic rings. The number of alkyl halides is 3. The minimum absolute atomic E-state index is 0.0990. The maximum Gasteiger partial charge on any atom is 0.416 e. The van der Waals surface area contributed by atoms with Gasteiger partial charge in [0.25, 0.3) is 0 Å². The van der Waals surface area contributed by atoms with Crippen LogP contribution in [0.4, 0.5) is 13.2 Å². The summed E-state index contributed by atoms with van der Waals surface area (Å²) < 4.78 is 39.4. The van der Waals surface area contributed by atoms with E-state index in [2.05, 4.69) is 36.1 Å². The summed E-state index contributed by atoms with van der Waals surface area (Å²) in [6, 6.07) is 24.4. The van der Waals surface area contributed by atoms with Crippen molar-refractivity contribution in [1.29, 1.82) is 0 Å². The second-order valence-corrected chi connectivity index (χ2v) is 13.4. The summed E-state index contributed by atoms with van der Waals surface area (Å²) in [6.07, 6.45) is 3.23. The molecule has 2 amide bonds. The van der Waals surface area contributed by atoms with Crippen LogP contribution >= 0.6 is 11.3 Å². The Labute approximate surface area is 291 Å². The summed E-state index contributed by atoms with van der Waals surface area (Å²) >= 11 is 1.54. The number of nitrogens with zero attached hydrogens (tertiary/aromatic N) is 3. The number of hydrogen-bond donors (Lipinski definition) is 0. The highest BCUT2D eigenvalue weighted by atomic mass is 32.1. The van der Waals surface area contributed by atoms with Crippen molar-refractivity contribution in [1.82, 2.24) is 14.7 Å². The first kappa shape index (κ1) is 36.1. The molecule has 2 heterocycles. The van der Waals surface area contributed by atoms with Crippen LogP contribution in [0.15, 0.2) is 102 Å². The van der Waals surface area contributed by atoms with Crippen molar-refractivity contribution in [2.24, 2.45) is 0 Å². The Morgan fingerprint density at radius 1 is 0.837 bits per heavy atom. The molecule has 0 saturated carbocycles. The Hall–Kier alpha value is -4.21. The first-order chi connectivity index (χ1) is 23.7. The predicted octanol–water partition coefficient (Wildman–Crippen LogP) is 8.50. The molecule has 9 heteroatoms. The summed E-state index contributed by atoms with van der Waals surface area (Å²) in [5.74, 6) is -0.471. The number of carbonyl (C=O) groups excluding carboxylic acids is 2. The van der Waals surface area contributed by atoms with Crippen LogP contribution in [0, 0.1) is 0 Å². The van der Waals surface area contributed by atoms with Crippen molar-refractivity contribution in [2.45, 2.75) is 64.3 Å². The van der Waals surface area contributed by atoms with E-state index in [-0.39, 0.29) is 18.4 Å². The van der Waals surface area contributed by atoms with Crippen LogP contribution in [0.5, 0.6) is 0 Å². The van der Waals surface area contributed by atoms with Gasteiger partial charge in [-0.1, -0.05) is 86.5 Å². The molecule has 3 aromatic carbocycles. The molecule has 258 valence electrons. The molecule has 0 aliphatic carbocycles. The van der Waals surface area contributed by atoms with Gasteiger partial charge in [0, 0.05) is 51.8 Å². The summed E-state index contributed by atoms with van der Waals surface area (Å²) in [6.45, 7) is 5.79. The normalized spacial score (nSPS) is 14.7. The quantitative estimate of drug-likeness (QED) is 0.0987. The molecule has 1 aliphatic heterocycles. The zero-order valence-corrected chi connectivity index (χ0v) is 28.8. The highest BCUT2D eigenvalue weighted by Crippen LogP contribution is 2.29. The van der Waals surface area contributed by atoms with E-state index in [1.54, 1.807) is 16.2 Å². The largest absolute Gasteiger partial charge is 0.416 e. The van der Waals surface area contributed by atoms with E-state index in [1.165, 1.54) is 41.8 Å². The lowest BCUT2D eigenvalue weighted by atomic mass is 10.0. The molecule has 1 saturated heterocycles. The van der Waals surface area contributed by atoms with Gasteiger partial charge in [-0.25, -0.2) is 0 Å². The minimum Gasteiger partial charge on any atom is -0.338 e. The monoisotopic (exact) mass is 687 g/mol. The third-order valence-electron chi connectivity index (χ3n) is 8.99. The number of benzene rings is 3. The Kier molecular flexibility index (Phi) is 12.8. The number of unbranched alkanes of at least 4 members (excludes halogenated alkanes) is 2. The van der Waals surface area contributed by atoms with E-state index in [1.807, 2.05) is 52.1 Å². The summed E-state index contributed by atoms with van der Waals surface area (Å²) in [5.41, 5.74) is 4.06. The number of rotatable bonds is 14. The Balaban J connectivity index is 1.38. The number of thiophene rings is 1. The van der Waals surface area contributed by atoms with Crippen LogP contribution in [0.2, 0.25) is 0 Å². The fourth-order valence-electron chi connectivity index (χ4n) is 6.12. The zero-order chi connectivity index (χ0) is 34.6. The first-order valence-electron chi connectivity index (χ1n) is 17.0. The third kappa shape index (κ3) is 10.6. The van der Waals surface area contributed by atoms with Crippen molar-refractivity contribution in [3.05, 3.63) is 135 Å². The number of aryl methyl sites for hydroxylation is 1. The van der Waals surface area contributed by atoms with Crippen molar-refractivity contribution in [3.63, 3.8) is 0 Å². The molecule has 0 unspecified atom stereocenters. The smallest absolute Gasteiger partial charge is 0.338 e. The molecule has 0 N–H and O–H groups in total. The van der Waals surface area contributed by atoms with Gasteiger partial charge in [0.2, 0.25) is 11.8 Å². The fourth-order valence-corrected chi connectivity index (χ4v) is 6.80. The van der Waals surface area contributed by atoms with Crippen LogP contribution in [0.1, 0.15) is 59.6 Å².